The lowest BCUT2D eigenvalue weighted by Gasteiger charge is -2.33. The van der Waals surface area contributed by atoms with Crippen molar-refractivity contribution in [2.24, 2.45) is 0 Å². The Morgan fingerprint density at radius 2 is 1.20 bits per heavy atom. The molecule has 0 spiro atoms. The molecule has 0 aliphatic heterocycles. The second kappa shape index (κ2) is 14.3. The summed E-state index contributed by atoms with van der Waals surface area (Å²) in [7, 11) is 0. The van der Waals surface area contributed by atoms with Crippen LogP contribution in [0.4, 0.5) is 5.69 Å². The second-order valence-corrected chi connectivity index (χ2v) is 13.9. The van der Waals surface area contributed by atoms with Gasteiger partial charge in [0.1, 0.15) is 6.04 Å². The first-order valence-corrected chi connectivity index (χ1v) is 18.1. The SMILES string of the molecule is O=C(NC1CCCCC1)C(c1ccc(Cl)cc1)N(C(=O)c1ccc(C(c2c[nH]c3ccccc23)c2c[nH]c3ccccc23)cc1)c1ccccc1. The van der Waals surface area contributed by atoms with E-state index in [2.05, 4.69) is 64.1 Å². The van der Waals surface area contributed by atoms with Crippen LogP contribution in [0.2, 0.25) is 5.02 Å². The number of benzene rings is 5. The number of fused-ring (bicyclic) bond motifs is 2. The zero-order chi connectivity index (χ0) is 34.7. The summed E-state index contributed by atoms with van der Waals surface area (Å²) in [6.45, 7) is 0. The van der Waals surface area contributed by atoms with Crippen LogP contribution < -0.4 is 10.2 Å². The minimum atomic E-state index is -0.899. The highest BCUT2D eigenvalue weighted by Crippen LogP contribution is 2.40. The first kappa shape index (κ1) is 32.6. The second-order valence-electron chi connectivity index (χ2n) is 13.4. The molecule has 1 atom stereocenters. The molecule has 6 nitrogen and oxygen atoms in total. The summed E-state index contributed by atoms with van der Waals surface area (Å²) in [6.07, 6.45) is 9.41. The first-order chi connectivity index (χ1) is 25.0. The summed E-state index contributed by atoms with van der Waals surface area (Å²) in [5.41, 5.74) is 7.33. The van der Waals surface area contributed by atoms with Gasteiger partial charge in [-0.15, -0.1) is 0 Å². The molecular formula is C44H39ClN4O2. The molecule has 7 aromatic rings. The number of aromatic nitrogens is 2. The number of hydrogen-bond donors (Lipinski definition) is 3. The Kier molecular flexibility index (Phi) is 9.16. The molecule has 1 aliphatic carbocycles. The molecule has 2 heterocycles. The lowest BCUT2D eigenvalue weighted by Crippen LogP contribution is -2.47. The number of H-pyrrole nitrogens is 2. The van der Waals surface area contributed by atoms with Crippen LogP contribution in [-0.4, -0.2) is 27.8 Å². The van der Waals surface area contributed by atoms with E-state index in [0.29, 0.717) is 21.8 Å². The monoisotopic (exact) mass is 690 g/mol. The third kappa shape index (κ3) is 6.55. The highest BCUT2D eigenvalue weighted by molar-refractivity contribution is 6.30. The number of anilines is 1. The van der Waals surface area contributed by atoms with Crippen molar-refractivity contribution in [1.29, 1.82) is 0 Å². The third-order valence-electron chi connectivity index (χ3n) is 10.3. The molecule has 7 heteroatoms. The van der Waals surface area contributed by atoms with Gasteiger partial charge < -0.3 is 15.3 Å². The number of carbonyl (C=O) groups excluding carboxylic acids is 2. The Morgan fingerprint density at radius 1 is 0.647 bits per heavy atom. The molecule has 1 saturated carbocycles. The normalized spacial score (nSPS) is 14.2. The molecule has 51 heavy (non-hydrogen) atoms. The van der Waals surface area contributed by atoms with E-state index in [1.165, 1.54) is 6.42 Å². The lowest BCUT2D eigenvalue weighted by atomic mass is 9.84. The Morgan fingerprint density at radius 3 is 1.80 bits per heavy atom. The number of amides is 2. The van der Waals surface area contributed by atoms with Gasteiger partial charge in [-0.05, 0) is 83.6 Å². The summed E-state index contributed by atoms with van der Waals surface area (Å²) in [4.78, 5) is 37.7. The van der Waals surface area contributed by atoms with Gasteiger partial charge >= 0.3 is 0 Å². The fourth-order valence-corrected chi connectivity index (χ4v) is 7.84. The summed E-state index contributed by atoms with van der Waals surface area (Å²) < 4.78 is 0. The van der Waals surface area contributed by atoms with E-state index in [9.17, 15) is 9.59 Å². The zero-order valence-corrected chi connectivity index (χ0v) is 28.9. The van der Waals surface area contributed by atoms with E-state index in [-0.39, 0.29) is 23.8 Å². The van der Waals surface area contributed by atoms with E-state index in [1.54, 1.807) is 17.0 Å². The minimum absolute atomic E-state index is 0.0824. The minimum Gasteiger partial charge on any atom is -0.361 e. The maximum absolute atomic E-state index is 14.8. The van der Waals surface area contributed by atoms with E-state index in [1.807, 2.05) is 78.9 Å². The molecule has 0 bridgehead atoms. The average Bonchev–Trinajstić information content (AvgIpc) is 3.80. The molecule has 8 rings (SSSR count). The summed E-state index contributed by atoms with van der Waals surface area (Å²) in [5, 5.41) is 6.17. The molecule has 3 N–H and O–H groups in total. The lowest BCUT2D eigenvalue weighted by molar-refractivity contribution is -0.123. The van der Waals surface area contributed by atoms with Gasteiger partial charge in [0.05, 0.1) is 0 Å². The van der Waals surface area contributed by atoms with Crippen LogP contribution in [0.25, 0.3) is 21.8 Å². The molecule has 2 amide bonds. The van der Waals surface area contributed by atoms with Crippen molar-refractivity contribution < 1.29 is 9.59 Å². The van der Waals surface area contributed by atoms with Gasteiger partial charge in [-0.1, -0.05) is 110 Å². The van der Waals surface area contributed by atoms with Crippen molar-refractivity contribution in [3.05, 3.63) is 173 Å². The Hall–Kier alpha value is -5.59. The molecule has 254 valence electrons. The summed E-state index contributed by atoms with van der Waals surface area (Å²) in [5.74, 6) is -0.561. The average molecular weight is 691 g/mol. The quantitative estimate of drug-likeness (QED) is 0.141. The highest BCUT2D eigenvalue weighted by atomic mass is 35.5. The van der Waals surface area contributed by atoms with Gasteiger partial charge in [-0.2, -0.15) is 0 Å². The molecular weight excluding hydrogens is 652 g/mol. The van der Waals surface area contributed by atoms with Crippen LogP contribution in [0.5, 0.6) is 0 Å². The van der Waals surface area contributed by atoms with E-state index >= 15 is 0 Å². The zero-order valence-electron chi connectivity index (χ0n) is 28.2. The van der Waals surface area contributed by atoms with Gasteiger partial charge in [-0.25, -0.2) is 0 Å². The van der Waals surface area contributed by atoms with Crippen molar-refractivity contribution in [2.45, 2.75) is 50.1 Å². The maximum Gasteiger partial charge on any atom is 0.259 e. The van der Waals surface area contributed by atoms with Crippen molar-refractivity contribution in [1.82, 2.24) is 15.3 Å². The maximum atomic E-state index is 14.8. The van der Waals surface area contributed by atoms with E-state index < -0.39 is 6.04 Å². The van der Waals surface area contributed by atoms with Gasteiger partial charge in [0.25, 0.3) is 5.91 Å². The van der Waals surface area contributed by atoms with Crippen LogP contribution in [-0.2, 0) is 4.79 Å². The van der Waals surface area contributed by atoms with Crippen molar-refractivity contribution in [2.75, 3.05) is 4.90 Å². The molecule has 1 aliphatic rings. The smallest absolute Gasteiger partial charge is 0.259 e. The number of nitrogens with zero attached hydrogens (tertiary/aromatic N) is 1. The Labute approximate surface area is 302 Å². The van der Waals surface area contributed by atoms with Crippen LogP contribution >= 0.6 is 11.6 Å². The Balaban J connectivity index is 1.20. The van der Waals surface area contributed by atoms with Gasteiger partial charge in [-0.3, -0.25) is 14.5 Å². The Bertz CT molecular complexity index is 2210. The van der Waals surface area contributed by atoms with E-state index in [0.717, 1.165) is 64.2 Å². The van der Waals surface area contributed by atoms with Gasteiger partial charge in [0.15, 0.2) is 0 Å². The molecule has 2 aromatic heterocycles. The number of hydrogen-bond acceptors (Lipinski definition) is 2. The number of halogens is 1. The number of rotatable bonds is 9. The topological polar surface area (TPSA) is 81.0 Å². The van der Waals surface area contributed by atoms with Crippen LogP contribution in [0.15, 0.2) is 140 Å². The molecule has 1 unspecified atom stereocenters. The predicted octanol–water partition coefficient (Wildman–Crippen LogP) is 10.3. The molecule has 5 aromatic carbocycles. The van der Waals surface area contributed by atoms with Gasteiger partial charge in [0, 0.05) is 62.4 Å². The van der Waals surface area contributed by atoms with Crippen LogP contribution in [0.3, 0.4) is 0 Å². The highest BCUT2D eigenvalue weighted by Gasteiger charge is 2.35. The number of aromatic amines is 2. The van der Waals surface area contributed by atoms with Crippen LogP contribution in [0, 0.1) is 0 Å². The number of carbonyl (C=O) groups is 2. The molecule has 0 radical (unpaired) electrons. The molecule has 0 saturated heterocycles. The third-order valence-corrected chi connectivity index (χ3v) is 10.5. The van der Waals surface area contributed by atoms with E-state index in [4.69, 9.17) is 11.6 Å². The number of nitrogens with one attached hydrogen (secondary N) is 3. The summed E-state index contributed by atoms with van der Waals surface area (Å²) in [6, 6.07) is 40.4. The summed E-state index contributed by atoms with van der Waals surface area (Å²) >= 11 is 6.30. The predicted molar refractivity (Wildman–Crippen MR) is 206 cm³/mol. The van der Waals surface area contributed by atoms with Crippen molar-refractivity contribution in [3.8, 4) is 0 Å². The first-order valence-electron chi connectivity index (χ1n) is 17.7. The van der Waals surface area contributed by atoms with Crippen molar-refractivity contribution >= 4 is 50.9 Å². The number of para-hydroxylation sites is 3. The fourth-order valence-electron chi connectivity index (χ4n) is 7.71. The fraction of sp³-hybridized carbons (Fsp3) is 0.182. The van der Waals surface area contributed by atoms with Crippen LogP contribution in [0.1, 0.15) is 76.7 Å². The standard InChI is InChI=1S/C44H39ClN4O2/c45-32-25-23-30(24-26-32)42(43(50)48-33-11-3-1-4-12-33)49(34-13-5-2-6-14-34)44(51)31-21-19-29(20-22-31)41(37-27-46-39-17-9-7-15-35(37)39)38-28-47-40-18-10-8-16-36(38)40/h2,5-10,13-28,33,41-42,46-47H,1,3-4,11-12H2,(H,48,50). The molecule has 1 fully saturated rings. The largest absolute Gasteiger partial charge is 0.361 e. The van der Waals surface area contributed by atoms with Crippen molar-refractivity contribution in [3.63, 3.8) is 0 Å². The van der Waals surface area contributed by atoms with Gasteiger partial charge in [0.2, 0.25) is 5.91 Å².